The average molecular weight is 321 g/mol. The van der Waals surface area contributed by atoms with E-state index in [9.17, 15) is 10.1 Å². The number of Topliss-reactive ketones (excluding diaryl/α,β-unsaturated/α-hetero) is 1. The lowest BCUT2D eigenvalue weighted by molar-refractivity contribution is 0.103. The number of carbonyl (C=O) groups excluding carboxylic acids is 1. The number of rotatable bonds is 6. The molecule has 0 saturated heterocycles. The molecule has 4 heteroatoms. The van der Waals surface area contributed by atoms with Crippen LogP contribution >= 0.6 is 0 Å². The summed E-state index contributed by atoms with van der Waals surface area (Å²) in [5.41, 5.74) is 2.03. The van der Waals surface area contributed by atoms with E-state index in [4.69, 9.17) is 9.47 Å². The first-order valence-corrected chi connectivity index (χ1v) is 7.64. The Balaban J connectivity index is 2.49. The number of aryl methyl sites for hydroxylation is 1. The van der Waals surface area contributed by atoms with Crippen molar-refractivity contribution in [1.82, 2.24) is 0 Å². The fraction of sp³-hybridized carbons (Fsp3) is 0.200. The van der Waals surface area contributed by atoms with Crippen LogP contribution in [0.25, 0.3) is 6.08 Å². The Hall–Kier alpha value is -3.06. The van der Waals surface area contributed by atoms with Gasteiger partial charge in [0.2, 0.25) is 5.78 Å². The largest absolute Gasteiger partial charge is 0.492 e. The highest BCUT2D eigenvalue weighted by Gasteiger charge is 2.16. The Morgan fingerprint density at radius 1 is 1.21 bits per heavy atom. The van der Waals surface area contributed by atoms with Crippen molar-refractivity contribution in [2.45, 2.75) is 13.8 Å². The van der Waals surface area contributed by atoms with Crippen LogP contribution in [-0.4, -0.2) is 19.5 Å². The van der Waals surface area contributed by atoms with Gasteiger partial charge in [-0.15, -0.1) is 0 Å². The summed E-state index contributed by atoms with van der Waals surface area (Å²) in [6.45, 7) is 4.22. The lowest BCUT2D eigenvalue weighted by Crippen LogP contribution is -2.04. The van der Waals surface area contributed by atoms with Crippen LogP contribution in [0.15, 0.2) is 48.0 Å². The van der Waals surface area contributed by atoms with Gasteiger partial charge in [0.15, 0.2) is 11.5 Å². The van der Waals surface area contributed by atoms with Gasteiger partial charge >= 0.3 is 0 Å². The summed E-state index contributed by atoms with van der Waals surface area (Å²) in [7, 11) is 1.53. The third kappa shape index (κ3) is 3.64. The van der Waals surface area contributed by atoms with Gasteiger partial charge in [0.05, 0.1) is 13.7 Å². The normalized spacial score (nSPS) is 10.8. The first-order valence-electron chi connectivity index (χ1n) is 7.64. The second kappa shape index (κ2) is 7.98. The molecule has 0 aliphatic heterocycles. The quantitative estimate of drug-likeness (QED) is 0.455. The van der Waals surface area contributed by atoms with Crippen LogP contribution < -0.4 is 9.47 Å². The molecule has 0 bridgehead atoms. The minimum atomic E-state index is -0.306. The lowest BCUT2D eigenvalue weighted by Gasteiger charge is -2.12. The van der Waals surface area contributed by atoms with E-state index >= 15 is 0 Å². The molecule has 0 aliphatic rings. The van der Waals surface area contributed by atoms with Crippen molar-refractivity contribution >= 4 is 11.9 Å². The third-order valence-electron chi connectivity index (χ3n) is 3.57. The van der Waals surface area contributed by atoms with E-state index in [0.717, 1.165) is 5.56 Å². The molecule has 0 aliphatic carbocycles. The predicted molar refractivity (Wildman–Crippen MR) is 93.3 cm³/mol. The van der Waals surface area contributed by atoms with Crippen LogP contribution in [0.4, 0.5) is 0 Å². The first kappa shape index (κ1) is 17.3. The number of para-hydroxylation sites is 1. The maximum Gasteiger partial charge on any atom is 0.203 e. The first-order chi connectivity index (χ1) is 11.6. The molecule has 0 aromatic heterocycles. The zero-order valence-electron chi connectivity index (χ0n) is 14.0. The molecule has 4 nitrogen and oxygen atoms in total. The highest BCUT2D eigenvalue weighted by atomic mass is 16.5. The number of benzene rings is 2. The summed E-state index contributed by atoms with van der Waals surface area (Å²) in [5, 5.41) is 9.44. The molecule has 0 N–H and O–H groups in total. The molecule has 0 heterocycles. The number of hydrogen-bond acceptors (Lipinski definition) is 4. The van der Waals surface area contributed by atoms with Crippen molar-refractivity contribution in [3.63, 3.8) is 0 Å². The van der Waals surface area contributed by atoms with Crippen molar-refractivity contribution in [3.8, 4) is 17.6 Å². The summed E-state index contributed by atoms with van der Waals surface area (Å²) in [5.74, 6) is 0.776. The number of hydrogen-bond donors (Lipinski definition) is 0. The maximum absolute atomic E-state index is 12.6. The predicted octanol–water partition coefficient (Wildman–Crippen LogP) is 4.19. The molecule has 2 aromatic rings. The Labute approximate surface area is 141 Å². The number of ether oxygens (including phenoxy) is 2. The third-order valence-corrected chi connectivity index (χ3v) is 3.57. The van der Waals surface area contributed by atoms with Gasteiger partial charge in [0.1, 0.15) is 11.6 Å². The van der Waals surface area contributed by atoms with Crippen LogP contribution in [0.1, 0.15) is 28.4 Å². The average Bonchev–Trinajstić information content (AvgIpc) is 2.60. The molecule has 0 atom stereocenters. The van der Waals surface area contributed by atoms with E-state index in [0.29, 0.717) is 29.2 Å². The Morgan fingerprint density at radius 3 is 2.58 bits per heavy atom. The van der Waals surface area contributed by atoms with Crippen LogP contribution in [0.2, 0.25) is 0 Å². The SMILES string of the molecule is CCOc1cccc(/C=C(\C#N)C(=O)c2ccccc2C)c1OC. The van der Waals surface area contributed by atoms with Crippen molar-refractivity contribution < 1.29 is 14.3 Å². The summed E-state index contributed by atoms with van der Waals surface area (Å²) < 4.78 is 10.9. The van der Waals surface area contributed by atoms with E-state index in [1.807, 2.05) is 32.0 Å². The van der Waals surface area contributed by atoms with Crippen molar-refractivity contribution in [3.05, 3.63) is 64.7 Å². The highest BCUT2D eigenvalue weighted by molar-refractivity contribution is 6.14. The fourth-order valence-electron chi connectivity index (χ4n) is 2.41. The van der Waals surface area contributed by atoms with Crippen molar-refractivity contribution in [2.24, 2.45) is 0 Å². The van der Waals surface area contributed by atoms with Gasteiger partial charge in [-0.3, -0.25) is 4.79 Å². The van der Waals surface area contributed by atoms with Gasteiger partial charge in [-0.05, 0) is 31.6 Å². The van der Waals surface area contributed by atoms with Gasteiger partial charge in [-0.2, -0.15) is 5.26 Å². The zero-order chi connectivity index (χ0) is 17.5. The molecule has 0 spiro atoms. The Bertz CT molecular complexity index is 816. The molecule has 0 unspecified atom stereocenters. The number of nitriles is 1. The van der Waals surface area contributed by atoms with E-state index in [1.54, 1.807) is 30.3 Å². The van der Waals surface area contributed by atoms with Crippen LogP contribution in [-0.2, 0) is 0 Å². The van der Waals surface area contributed by atoms with E-state index < -0.39 is 0 Å². The van der Waals surface area contributed by atoms with E-state index in [1.165, 1.54) is 13.2 Å². The molecule has 2 aromatic carbocycles. The number of ketones is 1. The molecule has 0 fully saturated rings. The van der Waals surface area contributed by atoms with Crippen LogP contribution in [0.3, 0.4) is 0 Å². The summed E-state index contributed by atoms with van der Waals surface area (Å²) in [6.07, 6.45) is 1.54. The van der Waals surface area contributed by atoms with Gasteiger partial charge in [0, 0.05) is 11.1 Å². The minimum absolute atomic E-state index is 0.0521. The molecule has 0 amide bonds. The van der Waals surface area contributed by atoms with Gasteiger partial charge in [0.25, 0.3) is 0 Å². The van der Waals surface area contributed by atoms with Crippen molar-refractivity contribution in [1.29, 1.82) is 5.26 Å². The van der Waals surface area contributed by atoms with E-state index in [-0.39, 0.29) is 11.4 Å². The van der Waals surface area contributed by atoms with Crippen LogP contribution in [0, 0.1) is 18.3 Å². The minimum Gasteiger partial charge on any atom is -0.492 e. The smallest absolute Gasteiger partial charge is 0.203 e. The fourth-order valence-corrected chi connectivity index (χ4v) is 2.41. The van der Waals surface area contributed by atoms with Gasteiger partial charge < -0.3 is 9.47 Å². The summed E-state index contributed by atoms with van der Waals surface area (Å²) in [6, 6.07) is 14.6. The Morgan fingerprint density at radius 2 is 1.96 bits per heavy atom. The molecule has 122 valence electrons. The number of nitrogens with zero attached hydrogens (tertiary/aromatic N) is 1. The standard InChI is InChI=1S/C20H19NO3/c1-4-24-18-11-7-9-15(20(18)23-3)12-16(13-21)19(22)17-10-6-5-8-14(17)2/h5-12H,4H2,1-3H3/b16-12+. The monoisotopic (exact) mass is 321 g/mol. The molecular formula is C20H19NO3. The second-order valence-corrected chi connectivity index (χ2v) is 5.13. The topological polar surface area (TPSA) is 59.3 Å². The van der Waals surface area contributed by atoms with Gasteiger partial charge in [-0.1, -0.05) is 36.4 Å². The van der Waals surface area contributed by atoms with Crippen molar-refractivity contribution in [2.75, 3.05) is 13.7 Å². The summed E-state index contributed by atoms with van der Waals surface area (Å²) in [4.78, 5) is 12.6. The maximum atomic E-state index is 12.6. The Kier molecular flexibility index (Phi) is 5.75. The van der Waals surface area contributed by atoms with E-state index in [2.05, 4.69) is 0 Å². The second-order valence-electron chi connectivity index (χ2n) is 5.13. The molecule has 24 heavy (non-hydrogen) atoms. The van der Waals surface area contributed by atoms with Gasteiger partial charge in [-0.25, -0.2) is 0 Å². The number of methoxy groups -OCH3 is 1. The molecule has 0 radical (unpaired) electrons. The zero-order valence-corrected chi connectivity index (χ0v) is 14.0. The van der Waals surface area contributed by atoms with Crippen LogP contribution in [0.5, 0.6) is 11.5 Å². The number of carbonyl (C=O) groups is 1. The lowest BCUT2D eigenvalue weighted by atomic mass is 9.98. The summed E-state index contributed by atoms with van der Waals surface area (Å²) >= 11 is 0. The highest BCUT2D eigenvalue weighted by Crippen LogP contribution is 2.32. The molecular weight excluding hydrogens is 302 g/mol. The molecule has 2 rings (SSSR count). The molecule has 0 saturated carbocycles. The number of allylic oxidation sites excluding steroid dienone is 1.